The minimum absolute atomic E-state index is 0.235. The number of benzene rings is 1. The second kappa shape index (κ2) is 8.37. The van der Waals surface area contributed by atoms with Gasteiger partial charge in [-0.25, -0.2) is 0 Å². The summed E-state index contributed by atoms with van der Waals surface area (Å²) in [5.41, 5.74) is 6.68. The second-order valence-corrected chi connectivity index (χ2v) is 3.56. The summed E-state index contributed by atoms with van der Waals surface area (Å²) in [4.78, 5) is 14.8. The van der Waals surface area contributed by atoms with Crippen LogP contribution in [0.3, 0.4) is 0 Å². The zero-order valence-corrected chi connectivity index (χ0v) is 12.5. The fraction of sp³-hybridized carbons (Fsp3) is 0.385. The molecule has 1 rings (SSSR count). The molecule has 0 saturated carbocycles. The van der Waals surface area contributed by atoms with E-state index in [0.717, 1.165) is 0 Å². The van der Waals surface area contributed by atoms with Gasteiger partial charge in [0, 0.05) is 31.3 Å². The smallest absolute Gasteiger partial charge is 0.308 e. The van der Waals surface area contributed by atoms with Crippen molar-refractivity contribution in [2.24, 2.45) is 4.99 Å². The summed E-state index contributed by atoms with van der Waals surface area (Å²) in [6.07, 6.45) is 0. The Balaban J connectivity index is 0.00000154. The number of hydrogen-bond donors (Lipinski definition) is 1. The van der Waals surface area contributed by atoms with Crippen LogP contribution >= 0.6 is 11.6 Å². The Bertz CT molecular complexity index is 473. The van der Waals surface area contributed by atoms with Crippen molar-refractivity contribution in [1.82, 2.24) is 0 Å². The van der Waals surface area contributed by atoms with E-state index < -0.39 is 5.97 Å². The summed E-state index contributed by atoms with van der Waals surface area (Å²) in [7, 11) is 2.99. The number of methoxy groups -OCH3 is 1. The molecule has 106 valence electrons. The van der Waals surface area contributed by atoms with Crippen LogP contribution in [0.2, 0.25) is 0 Å². The molecule has 0 saturated heterocycles. The van der Waals surface area contributed by atoms with Gasteiger partial charge in [-0.1, -0.05) is 25.4 Å². The highest BCUT2D eigenvalue weighted by molar-refractivity contribution is 6.70. The zero-order valence-electron chi connectivity index (χ0n) is 11.8. The number of carbonyl (C=O) groups excluding carboxylic acids is 1. The number of anilines is 1. The van der Waals surface area contributed by atoms with Gasteiger partial charge in [0.1, 0.15) is 5.17 Å². The highest BCUT2D eigenvalue weighted by atomic mass is 35.5. The Labute approximate surface area is 118 Å². The first-order chi connectivity index (χ1) is 8.99. The first kappa shape index (κ1) is 17.2. The molecule has 0 aliphatic carbocycles. The molecule has 0 bridgehead atoms. The predicted octanol–water partition coefficient (Wildman–Crippen LogP) is 2.84. The molecule has 2 N–H and O–H groups in total. The molecule has 1 aromatic rings. The van der Waals surface area contributed by atoms with Crippen LogP contribution in [-0.4, -0.2) is 25.3 Å². The molecule has 0 amide bonds. The maximum atomic E-state index is 10.9. The summed E-state index contributed by atoms with van der Waals surface area (Å²) >= 11 is 5.89. The molecule has 0 atom stereocenters. The van der Waals surface area contributed by atoms with Crippen LogP contribution in [0.1, 0.15) is 26.3 Å². The van der Waals surface area contributed by atoms with Gasteiger partial charge in [-0.05, 0) is 6.07 Å². The van der Waals surface area contributed by atoms with Crippen LogP contribution in [-0.2, 0) is 4.79 Å². The lowest BCUT2D eigenvalue weighted by Crippen LogP contribution is -2.06. The Kier molecular flexibility index (Phi) is 7.60. The van der Waals surface area contributed by atoms with Crippen molar-refractivity contribution < 1.29 is 14.3 Å². The molecule has 0 spiro atoms. The predicted molar refractivity (Wildman–Crippen MR) is 78.4 cm³/mol. The van der Waals surface area contributed by atoms with E-state index in [1.54, 1.807) is 0 Å². The van der Waals surface area contributed by atoms with E-state index in [1.165, 1.54) is 33.2 Å². The highest BCUT2D eigenvalue weighted by Gasteiger charge is 2.14. The first-order valence-corrected chi connectivity index (χ1v) is 6.16. The quantitative estimate of drug-likeness (QED) is 0.401. The van der Waals surface area contributed by atoms with Gasteiger partial charge >= 0.3 is 5.97 Å². The monoisotopic (exact) mass is 286 g/mol. The molecule has 0 aromatic heterocycles. The third-order valence-corrected chi connectivity index (χ3v) is 2.38. The zero-order chi connectivity index (χ0) is 15.0. The third-order valence-electron chi connectivity index (χ3n) is 2.01. The number of aliphatic imine (C=N–C) groups is 1. The number of halogens is 1. The van der Waals surface area contributed by atoms with E-state index in [4.69, 9.17) is 26.8 Å². The van der Waals surface area contributed by atoms with Crippen molar-refractivity contribution in [3.05, 3.63) is 17.7 Å². The molecule has 0 unspecified atom stereocenters. The van der Waals surface area contributed by atoms with Crippen LogP contribution in [0, 0.1) is 0 Å². The van der Waals surface area contributed by atoms with Gasteiger partial charge in [0.2, 0.25) is 0 Å². The second-order valence-electron chi connectivity index (χ2n) is 3.20. The Morgan fingerprint density at radius 3 is 2.32 bits per heavy atom. The van der Waals surface area contributed by atoms with Crippen LogP contribution in [0.5, 0.6) is 11.5 Å². The largest absolute Gasteiger partial charge is 0.493 e. The molecule has 0 radical (unpaired) electrons. The standard InChI is InChI=1S/C11H13ClN2O3.C2H6/c1-6(15)17-10-4-7(11(12)14-2)8(13)5-9(10)16-3;1-2/h4-5H,13H2,1-3H3;1-2H3. The Morgan fingerprint density at radius 1 is 1.32 bits per heavy atom. The van der Waals surface area contributed by atoms with Crippen LogP contribution in [0.25, 0.3) is 0 Å². The maximum Gasteiger partial charge on any atom is 0.308 e. The van der Waals surface area contributed by atoms with E-state index in [9.17, 15) is 4.79 Å². The molecule has 19 heavy (non-hydrogen) atoms. The lowest BCUT2D eigenvalue weighted by molar-refractivity contribution is -0.132. The summed E-state index contributed by atoms with van der Waals surface area (Å²) < 4.78 is 10.0. The van der Waals surface area contributed by atoms with E-state index >= 15 is 0 Å². The minimum atomic E-state index is -0.455. The van der Waals surface area contributed by atoms with Crippen molar-refractivity contribution in [2.75, 3.05) is 19.9 Å². The number of nitrogens with two attached hydrogens (primary N) is 1. The molecule has 0 aliphatic rings. The molecule has 6 heteroatoms. The number of nitrogen functional groups attached to an aromatic ring is 1. The van der Waals surface area contributed by atoms with Crippen molar-refractivity contribution in [3.63, 3.8) is 0 Å². The number of carbonyl (C=O) groups is 1. The summed E-state index contributed by atoms with van der Waals surface area (Å²) in [6.45, 7) is 5.30. The number of nitrogens with zero attached hydrogens (tertiary/aromatic N) is 1. The molecule has 1 aromatic carbocycles. The van der Waals surface area contributed by atoms with E-state index in [2.05, 4.69) is 4.99 Å². The van der Waals surface area contributed by atoms with Gasteiger partial charge in [0.25, 0.3) is 0 Å². The molecule has 0 heterocycles. The van der Waals surface area contributed by atoms with Crippen molar-refractivity contribution in [1.29, 1.82) is 0 Å². The molecule has 5 nitrogen and oxygen atoms in total. The van der Waals surface area contributed by atoms with Gasteiger partial charge in [0.05, 0.1) is 7.11 Å². The fourth-order valence-electron chi connectivity index (χ4n) is 1.27. The third kappa shape index (κ3) is 4.79. The summed E-state index contributed by atoms with van der Waals surface area (Å²) in [5.74, 6) is 0.164. The Hall–Kier alpha value is -1.75. The van der Waals surface area contributed by atoms with Gasteiger partial charge in [-0.3, -0.25) is 9.79 Å². The topological polar surface area (TPSA) is 73.9 Å². The van der Waals surface area contributed by atoms with Crippen molar-refractivity contribution in [3.8, 4) is 11.5 Å². The van der Waals surface area contributed by atoms with Crippen LogP contribution < -0.4 is 15.2 Å². The molecular weight excluding hydrogens is 268 g/mol. The van der Waals surface area contributed by atoms with E-state index in [-0.39, 0.29) is 10.9 Å². The SMILES string of the molecule is CC.CN=C(Cl)c1cc(OC(C)=O)c(OC)cc1N. The maximum absolute atomic E-state index is 10.9. The van der Waals surface area contributed by atoms with Crippen molar-refractivity contribution in [2.45, 2.75) is 20.8 Å². The van der Waals surface area contributed by atoms with Crippen molar-refractivity contribution >= 4 is 28.4 Å². The Morgan fingerprint density at radius 2 is 1.89 bits per heavy atom. The number of ether oxygens (including phenoxy) is 2. The average Bonchev–Trinajstić information content (AvgIpc) is 2.41. The number of rotatable bonds is 3. The van der Waals surface area contributed by atoms with Gasteiger partial charge in [-0.2, -0.15) is 0 Å². The van der Waals surface area contributed by atoms with Gasteiger partial charge in [-0.15, -0.1) is 0 Å². The van der Waals surface area contributed by atoms with Gasteiger partial charge < -0.3 is 15.2 Å². The number of esters is 1. The van der Waals surface area contributed by atoms with E-state index in [0.29, 0.717) is 17.0 Å². The molecule has 0 fully saturated rings. The lowest BCUT2D eigenvalue weighted by atomic mass is 10.1. The van der Waals surface area contributed by atoms with Crippen LogP contribution in [0.15, 0.2) is 17.1 Å². The minimum Gasteiger partial charge on any atom is -0.493 e. The number of hydrogen-bond acceptors (Lipinski definition) is 5. The first-order valence-electron chi connectivity index (χ1n) is 5.78. The highest BCUT2D eigenvalue weighted by Crippen LogP contribution is 2.33. The van der Waals surface area contributed by atoms with E-state index in [1.807, 2.05) is 13.8 Å². The average molecular weight is 287 g/mol. The van der Waals surface area contributed by atoms with Gasteiger partial charge in [0.15, 0.2) is 11.5 Å². The lowest BCUT2D eigenvalue weighted by Gasteiger charge is -2.11. The summed E-state index contributed by atoms with van der Waals surface area (Å²) in [5, 5.41) is 0.235. The van der Waals surface area contributed by atoms with Crippen LogP contribution in [0.4, 0.5) is 5.69 Å². The summed E-state index contributed by atoms with van der Waals surface area (Å²) in [6, 6.07) is 3.05. The molecular formula is C13H19ClN2O3. The fourth-order valence-corrected chi connectivity index (χ4v) is 1.43. The normalized spacial score (nSPS) is 10.3. The molecule has 0 aliphatic heterocycles.